The molecule has 3 nitrogen and oxygen atoms in total. The first-order valence-electron chi connectivity index (χ1n) is 4.00. The Bertz CT molecular complexity index is 351. The smallest absolute Gasteiger partial charge is 0.313 e. The number of hydrogen-bond acceptors (Lipinski definition) is 3. The second kappa shape index (κ2) is 3.26. The molecule has 4 heteroatoms. The Hall–Kier alpha value is -1.22. The summed E-state index contributed by atoms with van der Waals surface area (Å²) in [7, 11) is 0. The zero-order valence-corrected chi connectivity index (χ0v) is 7.60. The Labute approximate surface area is 80.6 Å². The van der Waals surface area contributed by atoms with E-state index in [-0.39, 0.29) is 5.97 Å². The minimum atomic E-state index is -0.251. The highest BCUT2D eigenvalue weighted by atomic mass is 35.5. The maximum Gasteiger partial charge on any atom is 0.313 e. The zero-order valence-electron chi connectivity index (χ0n) is 6.84. The van der Waals surface area contributed by atoms with Crippen LogP contribution in [0.4, 0.5) is 5.69 Å². The lowest BCUT2D eigenvalue weighted by Crippen LogP contribution is -2.08. The average molecular weight is 198 g/mol. The van der Waals surface area contributed by atoms with Gasteiger partial charge in [-0.15, -0.1) is 0 Å². The molecule has 0 spiro atoms. The predicted octanol–water partition coefficient (Wildman–Crippen LogP) is 2.06. The number of anilines is 1. The molecule has 0 radical (unpaired) electrons. The molecule has 0 unspecified atom stereocenters. The van der Waals surface area contributed by atoms with E-state index in [1.165, 1.54) is 0 Å². The van der Waals surface area contributed by atoms with Gasteiger partial charge in [-0.2, -0.15) is 0 Å². The number of ether oxygens (including phenoxy) is 1. The number of fused-ring (bicyclic) bond motifs is 1. The molecule has 0 atom stereocenters. The monoisotopic (exact) mass is 197 g/mol. The van der Waals surface area contributed by atoms with Gasteiger partial charge in [0, 0.05) is 6.54 Å². The third kappa shape index (κ3) is 1.60. The maximum absolute atomic E-state index is 11.1. The lowest BCUT2D eigenvalue weighted by Gasteiger charge is -2.06. The lowest BCUT2D eigenvalue weighted by molar-refractivity contribution is -0.133. The van der Waals surface area contributed by atoms with Crippen molar-refractivity contribution in [2.24, 2.45) is 0 Å². The van der Waals surface area contributed by atoms with Crippen molar-refractivity contribution in [1.82, 2.24) is 0 Å². The Balaban J connectivity index is 2.46. The molecule has 1 aromatic carbocycles. The minimum Gasteiger partial charge on any atom is -0.423 e. The number of halogens is 1. The molecular formula is C9H8ClNO2. The van der Waals surface area contributed by atoms with Crippen LogP contribution in [0.15, 0.2) is 18.2 Å². The Morgan fingerprint density at radius 2 is 2.31 bits per heavy atom. The predicted molar refractivity (Wildman–Crippen MR) is 50.2 cm³/mol. The molecule has 1 N–H and O–H groups in total. The van der Waals surface area contributed by atoms with Gasteiger partial charge >= 0.3 is 5.97 Å². The fourth-order valence-corrected chi connectivity index (χ4v) is 1.43. The van der Waals surface area contributed by atoms with Crippen LogP contribution >= 0.6 is 11.6 Å². The number of nitrogens with one attached hydrogen (secondary N) is 1. The van der Waals surface area contributed by atoms with Crippen LogP contribution in [-0.4, -0.2) is 12.5 Å². The Morgan fingerprint density at radius 1 is 1.46 bits per heavy atom. The van der Waals surface area contributed by atoms with Crippen LogP contribution in [0.2, 0.25) is 5.02 Å². The lowest BCUT2D eigenvalue weighted by atomic mass is 10.3. The normalized spacial score (nSPS) is 15.3. The summed E-state index contributed by atoms with van der Waals surface area (Å²) in [6, 6.07) is 5.34. The van der Waals surface area contributed by atoms with Gasteiger partial charge in [-0.3, -0.25) is 4.79 Å². The molecule has 1 aliphatic heterocycles. The van der Waals surface area contributed by atoms with E-state index in [0.29, 0.717) is 23.7 Å². The van der Waals surface area contributed by atoms with Crippen LogP contribution in [-0.2, 0) is 4.79 Å². The number of carbonyl (C=O) groups excluding carboxylic acids is 1. The van der Waals surface area contributed by atoms with Crippen LogP contribution in [0.25, 0.3) is 0 Å². The van der Waals surface area contributed by atoms with E-state index in [1.807, 2.05) is 12.1 Å². The van der Waals surface area contributed by atoms with Crippen molar-refractivity contribution in [3.63, 3.8) is 0 Å². The van der Waals surface area contributed by atoms with Gasteiger partial charge in [-0.25, -0.2) is 0 Å². The fourth-order valence-electron chi connectivity index (χ4n) is 1.22. The van der Waals surface area contributed by atoms with Gasteiger partial charge in [-0.1, -0.05) is 17.7 Å². The molecule has 0 aromatic heterocycles. The molecule has 0 fully saturated rings. The van der Waals surface area contributed by atoms with Crippen molar-refractivity contribution < 1.29 is 9.53 Å². The number of benzene rings is 1. The van der Waals surface area contributed by atoms with Crippen LogP contribution in [0.1, 0.15) is 6.42 Å². The fraction of sp³-hybridized carbons (Fsp3) is 0.222. The van der Waals surface area contributed by atoms with Crippen LogP contribution < -0.4 is 10.1 Å². The van der Waals surface area contributed by atoms with Crippen LogP contribution in [0, 0.1) is 0 Å². The molecule has 68 valence electrons. The van der Waals surface area contributed by atoms with E-state index in [1.54, 1.807) is 6.07 Å². The highest BCUT2D eigenvalue weighted by Crippen LogP contribution is 2.34. The van der Waals surface area contributed by atoms with E-state index in [2.05, 4.69) is 5.32 Å². The molecule has 13 heavy (non-hydrogen) atoms. The first kappa shape index (κ1) is 8.38. The first-order chi connectivity index (χ1) is 6.27. The third-order valence-corrected chi connectivity index (χ3v) is 2.13. The largest absolute Gasteiger partial charge is 0.423 e. The number of para-hydroxylation sites is 1. The van der Waals surface area contributed by atoms with E-state index in [0.717, 1.165) is 5.69 Å². The molecule has 1 aliphatic rings. The Morgan fingerprint density at radius 3 is 3.15 bits per heavy atom. The van der Waals surface area contributed by atoms with E-state index in [4.69, 9.17) is 16.3 Å². The second-order valence-corrected chi connectivity index (χ2v) is 3.17. The van der Waals surface area contributed by atoms with Gasteiger partial charge in [-0.05, 0) is 12.1 Å². The van der Waals surface area contributed by atoms with Crippen LogP contribution in [0.3, 0.4) is 0 Å². The van der Waals surface area contributed by atoms with Crippen LogP contribution in [0.5, 0.6) is 5.75 Å². The molecule has 0 aliphatic carbocycles. The molecule has 0 bridgehead atoms. The van der Waals surface area contributed by atoms with E-state index in [9.17, 15) is 4.79 Å². The molecule has 1 heterocycles. The van der Waals surface area contributed by atoms with Crippen molar-refractivity contribution >= 4 is 23.3 Å². The van der Waals surface area contributed by atoms with E-state index < -0.39 is 0 Å². The first-order valence-corrected chi connectivity index (χ1v) is 4.38. The van der Waals surface area contributed by atoms with Gasteiger partial charge in [0.15, 0.2) is 5.75 Å². The quantitative estimate of drug-likeness (QED) is 0.511. The standard InChI is InChI=1S/C9H8ClNO2/c10-6-2-1-3-7-9(6)13-8(12)4-5-11-7/h1-3,11H,4-5H2. The number of hydrogen-bond donors (Lipinski definition) is 1. The summed E-state index contributed by atoms with van der Waals surface area (Å²) in [5, 5.41) is 3.52. The highest BCUT2D eigenvalue weighted by molar-refractivity contribution is 6.32. The molecule has 0 amide bonds. The molecule has 0 saturated heterocycles. The topological polar surface area (TPSA) is 38.3 Å². The van der Waals surface area contributed by atoms with E-state index >= 15 is 0 Å². The molecule has 1 aromatic rings. The molecule has 0 saturated carbocycles. The molecule has 2 rings (SSSR count). The van der Waals surface area contributed by atoms with Crippen molar-refractivity contribution in [2.75, 3.05) is 11.9 Å². The van der Waals surface area contributed by atoms with Crippen molar-refractivity contribution in [3.8, 4) is 5.75 Å². The maximum atomic E-state index is 11.1. The van der Waals surface area contributed by atoms with Gasteiger partial charge in [0.2, 0.25) is 0 Å². The summed E-state index contributed by atoms with van der Waals surface area (Å²) >= 11 is 5.86. The third-order valence-electron chi connectivity index (χ3n) is 1.83. The summed E-state index contributed by atoms with van der Waals surface area (Å²) in [6.07, 6.45) is 0.366. The summed E-state index contributed by atoms with van der Waals surface area (Å²) in [5.74, 6) is 0.186. The SMILES string of the molecule is O=C1CCNc2cccc(Cl)c2O1. The van der Waals surface area contributed by atoms with Crippen molar-refractivity contribution in [1.29, 1.82) is 0 Å². The Kier molecular flexibility index (Phi) is 2.10. The van der Waals surface area contributed by atoms with Gasteiger partial charge in [0.1, 0.15) is 0 Å². The minimum absolute atomic E-state index is 0.251. The van der Waals surface area contributed by atoms with Gasteiger partial charge in [0.05, 0.1) is 17.1 Å². The van der Waals surface area contributed by atoms with Crippen molar-refractivity contribution in [3.05, 3.63) is 23.2 Å². The highest BCUT2D eigenvalue weighted by Gasteiger charge is 2.16. The summed E-state index contributed by atoms with van der Waals surface area (Å²) in [5.41, 5.74) is 0.776. The van der Waals surface area contributed by atoms with Gasteiger partial charge < -0.3 is 10.1 Å². The summed E-state index contributed by atoms with van der Waals surface area (Å²) in [4.78, 5) is 11.1. The average Bonchev–Trinajstić information content (AvgIpc) is 2.28. The number of esters is 1. The molecular weight excluding hydrogens is 190 g/mol. The summed E-state index contributed by atoms with van der Waals surface area (Å²) in [6.45, 7) is 0.589. The summed E-state index contributed by atoms with van der Waals surface area (Å²) < 4.78 is 5.05. The van der Waals surface area contributed by atoms with Gasteiger partial charge in [0.25, 0.3) is 0 Å². The second-order valence-electron chi connectivity index (χ2n) is 2.77. The number of carbonyl (C=O) groups is 1. The number of rotatable bonds is 0. The van der Waals surface area contributed by atoms with Crippen molar-refractivity contribution in [2.45, 2.75) is 6.42 Å². The zero-order chi connectivity index (χ0) is 9.26.